The number of nitrogens with two attached hydrogens (primary N) is 1. The number of imidazole rings is 1. The molecule has 172 valence electrons. The highest BCUT2D eigenvalue weighted by Crippen LogP contribution is 2.39. The minimum atomic E-state index is -4.92. The minimum absolute atomic E-state index is 0.0394. The number of aliphatic hydroxyl groups excluding tert-OH is 2. The van der Waals surface area contributed by atoms with Crippen LogP contribution in [0.15, 0.2) is 36.7 Å². The number of halogens is 1. The second-order valence-electron chi connectivity index (χ2n) is 7.13. The van der Waals surface area contributed by atoms with Crippen LogP contribution < -0.4 is 5.73 Å². The number of fused-ring (bicyclic) bond motifs is 1. The largest absolute Gasteiger partial charge is 0.486 e. The van der Waals surface area contributed by atoms with E-state index in [9.17, 15) is 29.0 Å². The normalized spacial score (nSPS) is 23.9. The molecule has 2 aromatic heterocycles. The summed E-state index contributed by atoms with van der Waals surface area (Å²) in [7, 11) is -4.92. The first-order valence-corrected chi connectivity index (χ1v) is 10.9. The highest BCUT2D eigenvalue weighted by Gasteiger charge is 2.45. The molecule has 3 aromatic rings. The molecule has 0 radical (unpaired) electrons. The van der Waals surface area contributed by atoms with E-state index in [0.29, 0.717) is 5.56 Å². The Labute approximate surface area is 180 Å². The van der Waals surface area contributed by atoms with Crippen LogP contribution in [0.2, 0.25) is 0 Å². The van der Waals surface area contributed by atoms with Crippen molar-refractivity contribution in [3.63, 3.8) is 0 Å². The Morgan fingerprint density at radius 3 is 2.62 bits per heavy atom. The molecule has 32 heavy (non-hydrogen) atoms. The summed E-state index contributed by atoms with van der Waals surface area (Å²) in [6.07, 6.45) is -5.24. The molecule has 1 aliphatic heterocycles. The lowest BCUT2D eigenvalue weighted by atomic mass is 10.1. The van der Waals surface area contributed by atoms with Crippen molar-refractivity contribution >= 4 is 24.8 Å². The van der Waals surface area contributed by atoms with Gasteiger partial charge in [-0.1, -0.05) is 30.3 Å². The van der Waals surface area contributed by atoms with Gasteiger partial charge in [0.15, 0.2) is 23.2 Å². The molecule has 0 spiro atoms. The molecule has 1 saturated heterocycles. The Morgan fingerprint density at radius 1 is 1.22 bits per heavy atom. The van der Waals surface area contributed by atoms with Gasteiger partial charge in [0.05, 0.1) is 12.9 Å². The summed E-state index contributed by atoms with van der Waals surface area (Å²) in [5.74, 6) is -0.208. The monoisotopic (exact) mass is 470 g/mol. The highest BCUT2D eigenvalue weighted by molar-refractivity contribution is 7.46. The molecule has 0 amide bonds. The molecule has 0 saturated carbocycles. The average Bonchev–Trinajstić information content (AvgIpc) is 3.24. The Balaban J connectivity index is 1.57. The number of anilines is 1. The smallest absolute Gasteiger partial charge is 0.387 e. The maximum atomic E-state index is 13.6. The van der Waals surface area contributed by atoms with Gasteiger partial charge in [-0.3, -0.25) is 4.57 Å². The van der Waals surface area contributed by atoms with Crippen molar-refractivity contribution < 1.29 is 38.3 Å². The van der Waals surface area contributed by atoms with E-state index in [1.807, 2.05) is 0 Å². The number of nitrogen functional groups attached to an aromatic ring is 1. The van der Waals surface area contributed by atoms with E-state index in [4.69, 9.17) is 15.1 Å². The van der Waals surface area contributed by atoms with E-state index in [-0.39, 0.29) is 30.1 Å². The fourth-order valence-electron chi connectivity index (χ4n) is 3.47. The van der Waals surface area contributed by atoms with E-state index >= 15 is 0 Å². The topological polar surface area (TPSA) is 189 Å². The molecular formula is C17H20FN6O7P. The van der Waals surface area contributed by atoms with E-state index in [0.717, 1.165) is 5.06 Å². The molecule has 1 aliphatic rings. The number of benzene rings is 1. The summed E-state index contributed by atoms with van der Waals surface area (Å²) in [6, 6.07) is 8.69. The molecule has 4 rings (SSSR count). The summed E-state index contributed by atoms with van der Waals surface area (Å²) in [6.45, 7) is -0.352. The van der Waals surface area contributed by atoms with Gasteiger partial charge in [0.2, 0.25) is 0 Å². The average molecular weight is 470 g/mol. The van der Waals surface area contributed by atoms with Gasteiger partial charge >= 0.3 is 13.9 Å². The van der Waals surface area contributed by atoms with E-state index in [1.54, 1.807) is 30.3 Å². The predicted molar refractivity (Wildman–Crippen MR) is 106 cm³/mol. The first-order chi connectivity index (χ1) is 15.1. The first-order valence-electron chi connectivity index (χ1n) is 9.33. The lowest BCUT2D eigenvalue weighted by molar-refractivity contribution is -0.132. The van der Waals surface area contributed by atoms with Crippen molar-refractivity contribution in [2.45, 2.75) is 31.1 Å². The van der Waals surface area contributed by atoms with Crippen molar-refractivity contribution in [2.24, 2.45) is 0 Å². The quantitative estimate of drug-likeness (QED) is 0.172. The number of phosphoric acid groups is 1. The van der Waals surface area contributed by atoms with Crippen LogP contribution in [0.5, 0.6) is 0 Å². The third kappa shape index (κ3) is 4.77. The van der Waals surface area contributed by atoms with Crippen LogP contribution in [-0.4, -0.2) is 69.4 Å². The number of nitrogens with zero attached hydrogens (tertiary/aromatic N) is 5. The number of aromatic nitrogens is 4. The summed E-state index contributed by atoms with van der Waals surface area (Å²) in [5, 5.41) is 22.0. The third-order valence-electron chi connectivity index (χ3n) is 4.84. The number of hydrogen-bond acceptors (Lipinski definition) is 10. The molecule has 3 heterocycles. The fourth-order valence-corrected chi connectivity index (χ4v) is 3.90. The zero-order valence-electron chi connectivity index (χ0n) is 16.3. The van der Waals surface area contributed by atoms with Crippen LogP contribution in [0, 0.1) is 6.08 Å². The lowest BCUT2D eigenvalue weighted by Gasteiger charge is -2.25. The van der Waals surface area contributed by atoms with Crippen LogP contribution in [0.4, 0.5) is 10.2 Å². The fraction of sp³-hybridized carbons (Fsp3) is 0.353. The van der Waals surface area contributed by atoms with Gasteiger partial charge in [0.25, 0.3) is 0 Å². The summed E-state index contributed by atoms with van der Waals surface area (Å²) < 4.78 is 36.7. The Kier molecular flexibility index (Phi) is 6.20. The highest BCUT2D eigenvalue weighted by atomic mass is 31.2. The number of ether oxygens (including phenoxy) is 1. The zero-order valence-corrected chi connectivity index (χ0v) is 17.2. The second-order valence-corrected chi connectivity index (χ2v) is 8.27. The van der Waals surface area contributed by atoms with Crippen molar-refractivity contribution in [3.8, 4) is 0 Å². The van der Waals surface area contributed by atoms with E-state index < -0.39 is 38.4 Å². The molecule has 0 unspecified atom stereocenters. The molecule has 15 heteroatoms. The molecule has 4 atom stereocenters. The van der Waals surface area contributed by atoms with Crippen molar-refractivity contribution in [1.82, 2.24) is 24.6 Å². The number of hydroxylamine groups is 2. The van der Waals surface area contributed by atoms with Gasteiger partial charge < -0.3 is 30.5 Å². The predicted octanol–water partition coefficient (Wildman–Crippen LogP) is -0.307. The maximum Gasteiger partial charge on any atom is 0.486 e. The summed E-state index contributed by atoms with van der Waals surface area (Å²) >= 11 is 0. The molecule has 1 fully saturated rings. The number of aliphatic hydroxyl groups is 2. The maximum absolute atomic E-state index is 13.6. The van der Waals surface area contributed by atoms with E-state index in [1.165, 1.54) is 10.9 Å². The van der Waals surface area contributed by atoms with Crippen LogP contribution in [0.1, 0.15) is 11.8 Å². The number of rotatable bonds is 7. The van der Waals surface area contributed by atoms with Crippen molar-refractivity contribution in [3.05, 3.63) is 48.3 Å². The Bertz CT molecular complexity index is 1150. The van der Waals surface area contributed by atoms with Crippen LogP contribution in [-0.2, 0) is 20.5 Å². The van der Waals surface area contributed by atoms with Gasteiger partial charge in [0, 0.05) is 6.54 Å². The molecule has 6 N–H and O–H groups in total. The molecular weight excluding hydrogens is 450 g/mol. The standard InChI is InChI=1S/C17H20FN6O7P/c18-17-21-14(19)11-15(22-17)24(8-20-11)16-13(26)12(25)10(30-16)7-23(31-32(27,28)29)6-9-4-2-1-3-5-9/h1-5,8,10,12-13,16,25-26H,6-7H2,(H2,19,21,22)(H2,27,28,29)/t10-,12-,13+,16-/m1/s1. The van der Waals surface area contributed by atoms with Gasteiger partial charge in [0.1, 0.15) is 18.3 Å². The Morgan fingerprint density at radius 2 is 1.94 bits per heavy atom. The van der Waals surface area contributed by atoms with Crippen molar-refractivity contribution in [2.75, 3.05) is 12.3 Å². The molecule has 13 nitrogen and oxygen atoms in total. The van der Waals surface area contributed by atoms with Gasteiger partial charge in [-0.25, -0.2) is 9.55 Å². The molecule has 0 bridgehead atoms. The minimum Gasteiger partial charge on any atom is -0.387 e. The van der Waals surface area contributed by atoms with Gasteiger partial charge in [-0.2, -0.15) is 24.0 Å². The molecule has 1 aromatic carbocycles. The van der Waals surface area contributed by atoms with E-state index in [2.05, 4.69) is 15.0 Å². The Hall–Kier alpha value is -2.55. The van der Waals surface area contributed by atoms with Crippen LogP contribution >= 0.6 is 7.82 Å². The lowest BCUT2D eigenvalue weighted by Crippen LogP contribution is -2.39. The SMILES string of the molecule is Nc1nc(F)nc2c1ncn2[C@@H]1O[C@H](CN(Cc2ccccc2)OP(=O)(O)O)[C@@H](O)[C@@H]1O. The number of hydrogen-bond donors (Lipinski definition) is 5. The first kappa shape index (κ1) is 22.6. The van der Waals surface area contributed by atoms with Crippen molar-refractivity contribution in [1.29, 1.82) is 0 Å². The summed E-state index contributed by atoms with van der Waals surface area (Å²) in [5.41, 5.74) is 6.34. The third-order valence-corrected chi connectivity index (χ3v) is 5.28. The van der Waals surface area contributed by atoms with Gasteiger partial charge in [-0.15, -0.1) is 0 Å². The van der Waals surface area contributed by atoms with Crippen LogP contribution in [0.3, 0.4) is 0 Å². The second kappa shape index (κ2) is 8.77. The zero-order chi connectivity index (χ0) is 23.0. The summed E-state index contributed by atoms with van der Waals surface area (Å²) in [4.78, 5) is 29.5. The molecule has 0 aliphatic carbocycles. The van der Waals surface area contributed by atoms with Crippen LogP contribution in [0.25, 0.3) is 11.2 Å². The van der Waals surface area contributed by atoms with Gasteiger partial charge in [-0.05, 0) is 5.56 Å².